The molecule has 0 radical (unpaired) electrons. The van der Waals surface area contributed by atoms with Gasteiger partial charge in [0.05, 0.1) is 6.61 Å². The summed E-state index contributed by atoms with van der Waals surface area (Å²) in [5.41, 5.74) is 0.963. The molecular weight excluding hydrogens is 230 g/mol. The Morgan fingerprint density at radius 1 is 1.39 bits per heavy atom. The van der Waals surface area contributed by atoms with Crippen molar-refractivity contribution in [2.45, 2.75) is 25.5 Å². The molecule has 3 aliphatic rings. The lowest BCUT2D eigenvalue weighted by atomic mass is 9.71. The Morgan fingerprint density at radius 3 is 2.72 bits per heavy atom. The lowest BCUT2D eigenvalue weighted by Crippen LogP contribution is -2.38. The maximum Gasteiger partial charge on any atom is 0.410 e. The van der Waals surface area contributed by atoms with Gasteiger partial charge in [0.15, 0.2) is 0 Å². The molecule has 2 bridgehead atoms. The van der Waals surface area contributed by atoms with E-state index < -0.39 is 0 Å². The van der Waals surface area contributed by atoms with E-state index in [0.717, 1.165) is 18.4 Å². The minimum atomic E-state index is -0.253. The van der Waals surface area contributed by atoms with Crippen LogP contribution in [0.4, 0.5) is 4.79 Å². The van der Waals surface area contributed by atoms with E-state index in [1.165, 1.54) is 0 Å². The molecule has 2 saturated heterocycles. The summed E-state index contributed by atoms with van der Waals surface area (Å²) in [6.45, 7) is 1.13. The van der Waals surface area contributed by atoms with E-state index in [9.17, 15) is 9.90 Å². The predicted octanol–water partition coefficient (Wildman–Crippen LogP) is 1.78. The van der Waals surface area contributed by atoms with Gasteiger partial charge in [0.25, 0.3) is 0 Å². The monoisotopic (exact) mass is 247 g/mol. The number of rotatable bonds is 3. The smallest absolute Gasteiger partial charge is 0.410 e. The summed E-state index contributed by atoms with van der Waals surface area (Å²) in [7, 11) is 0. The Kier molecular flexibility index (Phi) is 2.74. The van der Waals surface area contributed by atoms with Crippen LogP contribution in [0.15, 0.2) is 30.3 Å². The number of hydrogen-bond donors (Lipinski definition) is 1. The van der Waals surface area contributed by atoms with E-state index in [1.54, 1.807) is 4.90 Å². The van der Waals surface area contributed by atoms with Crippen molar-refractivity contribution in [1.29, 1.82) is 0 Å². The minimum Gasteiger partial charge on any atom is -0.445 e. The molecule has 1 aromatic carbocycles. The average molecular weight is 247 g/mol. The van der Waals surface area contributed by atoms with Crippen LogP contribution in [-0.2, 0) is 11.3 Å². The maximum absolute atomic E-state index is 11.9. The number of carbonyl (C=O) groups excluding carboxylic acids is 1. The summed E-state index contributed by atoms with van der Waals surface area (Å²) in [5, 5.41) is 9.29. The van der Waals surface area contributed by atoms with Crippen molar-refractivity contribution in [3.8, 4) is 0 Å². The zero-order valence-electron chi connectivity index (χ0n) is 10.2. The molecule has 1 aliphatic carbocycles. The molecule has 1 N–H and O–H groups in total. The first-order valence-electron chi connectivity index (χ1n) is 6.31. The van der Waals surface area contributed by atoms with E-state index in [4.69, 9.17) is 4.74 Å². The van der Waals surface area contributed by atoms with Crippen LogP contribution in [-0.4, -0.2) is 35.3 Å². The lowest BCUT2D eigenvalue weighted by molar-refractivity contribution is 0.0775. The topological polar surface area (TPSA) is 49.8 Å². The quantitative estimate of drug-likeness (QED) is 0.885. The summed E-state index contributed by atoms with van der Waals surface area (Å²) in [6.07, 6.45) is 1.59. The normalized spacial score (nSPS) is 28.9. The first-order chi connectivity index (χ1) is 8.72. The van der Waals surface area contributed by atoms with Crippen molar-refractivity contribution >= 4 is 6.09 Å². The Labute approximate surface area is 106 Å². The maximum atomic E-state index is 11.9. The van der Waals surface area contributed by atoms with Crippen molar-refractivity contribution < 1.29 is 14.6 Å². The molecule has 0 atom stereocenters. The minimum absolute atomic E-state index is 0.0313. The summed E-state index contributed by atoms with van der Waals surface area (Å²) >= 11 is 0. The summed E-state index contributed by atoms with van der Waals surface area (Å²) in [6, 6.07) is 9.94. The van der Waals surface area contributed by atoms with Gasteiger partial charge in [0, 0.05) is 18.0 Å². The molecule has 4 nitrogen and oxygen atoms in total. The number of hydrogen-bond acceptors (Lipinski definition) is 3. The Bertz CT molecular complexity index is 440. The molecular formula is C14H17NO3. The molecule has 3 fully saturated rings. The molecule has 18 heavy (non-hydrogen) atoms. The van der Waals surface area contributed by atoms with Crippen LogP contribution in [0.25, 0.3) is 0 Å². The van der Waals surface area contributed by atoms with Gasteiger partial charge in [-0.25, -0.2) is 4.79 Å². The molecule has 0 spiro atoms. The molecule has 0 unspecified atom stereocenters. The molecule has 1 saturated carbocycles. The fraction of sp³-hybridized carbons (Fsp3) is 0.500. The highest BCUT2D eigenvalue weighted by atomic mass is 16.6. The third kappa shape index (κ3) is 1.86. The number of benzene rings is 1. The van der Waals surface area contributed by atoms with Crippen molar-refractivity contribution in [3.05, 3.63) is 35.9 Å². The van der Waals surface area contributed by atoms with E-state index in [0.29, 0.717) is 13.2 Å². The molecule has 4 rings (SSSR count). The molecule has 0 aromatic heterocycles. The van der Waals surface area contributed by atoms with Crippen molar-refractivity contribution in [3.63, 3.8) is 0 Å². The third-order valence-electron chi connectivity index (χ3n) is 4.06. The van der Waals surface area contributed by atoms with Crippen LogP contribution >= 0.6 is 0 Å². The third-order valence-corrected chi connectivity index (χ3v) is 4.06. The molecule has 4 heteroatoms. The summed E-state index contributed by atoms with van der Waals surface area (Å²) < 4.78 is 5.30. The van der Waals surface area contributed by atoms with Gasteiger partial charge in [-0.05, 0) is 18.4 Å². The molecule has 1 aromatic rings. The highest BCUT2D eigenvalue weighted by molar-refractivity contribution is 5.69. The number of ether oxygens (including phenoxy) is 1. The van der Waals surface area contributed by atoms with Gasteiger partial charge in [0.1, 0.15) is 6.61 Å². The molecule has 2 heterocycles. The first kappa shape index (κ1) is 11.5. The average Bonchev–Trinajstić information content (AvgIpc) is 2.92. The SMILES string of the molecule is O=C(OCc1ccccc1)N1CC2(CO)CC1C2. The standard InChI is InChI=1S/C14H17NO3/c16-10-14-6-12(7-14)15(9-14)13(17)18-8-11-4-2-1-3-5-11/h1-5,12,16H,6-10H2. The van der Waals surface area contributed by atoms with Crippen molar-refractivity contribution in [2.75, 3.05) is 13.2 Å². The van der Waals surface area contributed by atoms with Gasteiger partial charge in [-0.1, -0.05) is 30.3 Å². The van der Waals surface area contributed by atoms with Gasteiger partial charge in [-0.2, -0.15) is 0 Å². The lowest BCUT2D eigenvalue weighted by Gasteiger charge is -2.34. The number of aliphatic hydroxyl groups excluding tert-OH is 1. The van der Waals surface area contributed by atoms with Gasteiger partial charge in [-0.15, -0.1) is 0 Å². The molecule has 96 valence electrons. The Hall–Kier alpha value is -1.55. The van der Waals surface area contributed by atoms with Crippen molar-refractivity contribution in [1.82, 2.24) is 4.90 Å². The summed E-state index contributed by atoms with van der Waals surface area (Å²) in [5.74, 6) is 0. The van der Waals surface area contributed by atoms with E-state index in [-0.39, 0.29) is 24.2 Å². The molecule has 2 aliphatic heterocycles. The predicted molar refractivity (Wildman–Crippen MR) is 65.9 cm³/mol. The van der Waals surface area contributed by atoms with Gasteiger partial charge < -0.3 is 14.7 Å². The van der Waals surface area contributed by atoms with Crippen LogP contribution < -0.4 is 0 Å². The number of aliphatic hydroxyl groups is 1. The Morgan fingerprint density at radius 2 is 2.11 bits per heavy atom. The highest BCUT2D eigenvalue weighted by Gasteiger charge is 2.56. The fourth-order valence-corrected chi connectivity index (χ4v) is 2.97. The number of nitrogens with zero attached hydrogens (tertiary/aromatic N) is 1. The van der Waals surface area contributed by atoms with Crippen LogP contribution in [0.3, 0.4) is 0 Å². The van der Waals surface area contributed by atoms with Crippen LogP contribution in [0, 0.1) is 5.41 Å². The Balaban J connectivity index is 1.54. The van der Waals surface area contributed by atoms with Gasteiger partial charge in [-0.3, -0.25) is 0 Å². The number of carbonyl (C=O) groups is 1. The molecule has 1 amide bonds. The zero-order chi connectivity index (χ0) is 12.6. The van der Waals surface area contributed by atoms with E-state index in [2.05, 4.69) is 0 Å². The zero-order valence-corrected chi connectivity index (χ0v) is 10.2. The van der Waals surface area contributed by atoms with Gasteiger partial charge >= 0.3 is 6.09 Å². The summed E-state index contributed by atoms with van der Waals surface area (Å²) in [4.78, 5) is 13.7. The highest BCUT2D eigenvalue weighted by Crippen LogP contribution is 2.51. The van der Waals surface area contributed by atoms with E-state index >= 15 is 0 Å². The van der Waals surface area contributed by atoms with Crippen LogP contribution in [0.5, 0.6) is 0 Å². The van der Waals surface area contributed by atoms with Crippen molar-refractivity contribution in [2.24, 2.45) is 5.41 Å². The van der Waals surface area contributed by atoms with Gasteiger partial charge in [0.2, 0.25) is 0 Å². The van der Waals surface area contributed by atoms with Crippen LogP contribution in [0.1, 0.15) is 18.4 Å². The van der Waals surface area contributed by atoms with E-state index in [1.807, 2.05) is 30.3 Å². The first-order valence-corrected chi connectivity index (χ1v) is 6.31. The second-order valence-corrected chi connectivity index (χ2v) is 5.39. The second kappa shape index (κ2) is 4.28. The largest absolute Gasteiger partial charge is 0.445 e. The fourth-order valence-electron chi connectivity index (χ4n) is 2.97. The van der Waals surface area contributed by atoms with Crippen LogP contribution in [0.2, 0.25) is 0 Å². The number of fused-ring (bicyclic) bond motifs is 1. The second-order valence-electron chi connectivity index (χ2n) is 5.39. The number of amides is 1.